The Morgan fingerprint density at radius 3 is 2.47 bits per heavy atom. The minimum absolute atomic E-state index is 0.169. The van der Waals surface area contributed by atoms with Crippen LogP contribution in [0.5, 0.6) is 0 Å². The van der Waals surface area contributed by atoms with Crippen molar-refractivity contribution in [3.63, 3.8) is 0 Å². The van der Waals surface area contributed by atoms with Crippen LogP contribution in [0.4, 0.5) is 10.7 Å². The molecule has 3 heterocycles. The van der Waals surface area contributed by atoms with Gasteiger partial charge in [-0.2, -0.15) is 5.01 Å². The summed E-state index contributed by atoms with van der Waals surface area (Å²) in [5.74, 6) is -0.205. The van der Waals surface area contributed by atoms with Crippen LogP contribution in [0, 0.1) is 0 Å². The lowest BCUT2D eigenvalue weighted by molar-refractivity contribution is -0.892. The van der Waals surface area contributed by atoms with E-state index in [1.165, 1.54) is 0 Å². The molecule has 2 fully saturated rings. The summed E-state index contributed by atoms with van der Waals surface area (Å²) in [5, 5.41) is 3.46. The number of aromatic nitrogens is 2. The van der Waals surface area contributed by atoms with E-state index < -0.39 is 17.5 Å². The monoisotopic (exact) mass is 410 g/mol. The summed E-state index contributed by atoms with van der Waals surface area (Å²) in [6, 6.07) is 10.1. The van der Waals surface area contributed by atoms with Crippen molar-refractivity contribution in [3.05, 3.63) is 54.4 Å². The molecule has 156 valence electrons. The Labute approximate surface area is 173 Å². The number of piperazine rings is 1. The van der Waals surface area contributed by atoms with E-state index in [1.807, 2.05) is 6.07 Å². The van der Waals surface area contributed by atoms with Gasteiger partial charge in [0.25, 0.3) is 11.8 Å². The van der Waals surface area contributed by atoms with Crippen molar-refractivity contribution in [2.75, 3.05) is 37.6 Å². The Morgan fingerprint density at radius 1 is 1.13 bits per heavy atom. The van der Waals surface area contributed by atoms with Crippen LogP contribution in [-0.2, 0) is 15.1 Å². The van der Waals surface area contributed by atoms with Crippen molar-refractivity contribution in [1.29, 1.82) is 0 Å². The number of rotatable bonds is 5. The largest absolute Gasteiger partial charge is 0.344 e. The number of hydrogen-bond acceptors (Lipinski definition) is 6. The second-order valence-electron chi connectivity index (χ2n) is 7.56. The number of anilines is 1. The van der Waals surface area contributed by atoms with Gasteiger partial charge in [-0.3, -0.25) is 15.0 Å². The number of amides is 4. The van der Waals surface area contributed by atoms with Gasteiger partial charge in [0.15, 0.2) is 6.54 Å². The first-order chi connectivity index (χ1) is 14.5. The molecule has 10 heteroatoms. The highest BCUT2D eigenvalue weighted by atomic mass is 16.2. The SMILES string of the molecule is C[C@]1(c2ccccc2)NC(=O)N(NC(=O)C[NH+]2CCN(c3ncccn3)CC2)C1=O. The van der Waals surface area contributed by atoms with Crippen molar-refractivity contribution in [1.82, 2.24) is 25.7 Å². The van der Waals surface area contributed by atoms with Gasteiger partial charge in [-0.1, -0.05) is 30.3 Å². The second-order valence-corrected chi connectivity index (χ2v) is 7.56. The molecule has 4 rings (SSSR count). The number of quaternary nitrogens is 1. The van der Waals surface area contributed by atoms with E-state index in [-0.39, 0.29) is 12.5 Å². The Kier molecular flexibility index (Phi) is 5.32. The van der Waals surface area contributed by atoms with Crippen LogP contribution < -0.4 is 20.5 Å². The standard InChI is InChI=1S/C20H23N7O3/c1-20(15-6-3-2-4-7-15)17(29)27(19(30)23-20)24-16(28)14-25-10-12-26(13-11-25)18-21-8-5-9-22-18/h2-9H,10-14H2,1H3,(H,23,30)(H,24,28)/p+1/t20-/m1/s1. The van der Waals surface area contributed by atoms with Crippen LogP contribution in [0.2, 0.25) is 0 Å². The van der Waals surface area contributed by atoms with Crippen molar-refractivity contribution in [2.45, 2.75) is 12.5 Å². The van der Waals surface area contributed by atoms with Crippen LogP contribution in [0.1, 0.15) is 12.5 Å². The fourth-order valence-corrected chi connectivity index (χ4v) is 3.75. The topological polar surface area (TPSA) is 112 Å². The number of benzene rings is 1. The molecule has 2 saturated heterocycles. The summed E-state index contributed by atoms with van der Waals surface area (Å²) in [4.78, 5) is 49.4. The van der Waals surface area contributed by atoms with Crippen LogP contribution in [0.3, 0.4) is 0 Å². The highest BCUT2D eigenvalue weighted by Crippen LogP contribution is 2.27. The first-order valence-electron chi connectivity index (χ1n) is 9.84. The van der Waals surface area contributed by atoms with E-state index in [0.717, 1.165) is 36.1 Å². The first-order valence-corrected chi connectivity index (χ1v) is 9.84. The van der Waals surface area contributed by atoms with Gasteiger partial charge >= 0.3 is 6.03 Å². The summed E-state index contributed by atoms with van der Waals surface area (Å²) in [6.07, 6.45) is 3.41. The van der Waals surface area contributed by atoms with E-state index in [9.17, 15) is 14.4 Å². The minimum atomic E-state index is -1.21. The van der Waals surface area contributed by atoms with E-state index in [1.54, 1.807) is 49.6 Å². The Hall–Kier alpha value is -3.53. The molecule has 2 aliphatic heterocycles. The van der Waals surface area contributed by atoms with Gasteiger partial charge < -0.3 is 15.1 Å². The maximum Gasteiger partial charge on any atom is 0.344 e. The van der Waals surface area contributed by atoms with Crippen molar-refractivity contribution < 1.29 is 19.3 Å². The number of hydrogen-bond donors (Lipinski definition) is 3. The van der Waals surface area contributed by atoms with Crippen LogP contribution in [-0.4, -0.2) is 65.5 Å². The number of urea groups is 1. The molecule has 0 radical (unpaired) electrons. The fraction of sp³-hybridized carbons (Fsp3) is 0.350. The van der Waals surface area contributed by atoms with Crippen LogP contribution in [0.25, 0.3) is 0 Å². The number of carbonyl (C=O) groups excluding carboxylic acids is 3. The molecular formula is C20H24N7O3+. The zero-order chi connectivity index (χ0) is 21.1. The number of hydrazine groups is 1. The normalized spacial score (nSPS) is 22.2. The van der Waals surface area contributed by atoms with Gasteiger partial charge in [0.05, 0.1) is 26.2 Å². The second kappa shape index (κ2) is 8.07. The lowest BCUT2D eigenvalue weighted by Crippen LogP contribution is -3.16. The lowest BCUT2D eigenvalue weighted by Gasteiger charge is -2.31. The molecule has 0 unspecified atom stereocenters. The maximum absolute atomic E-state index is 12.9. The quantitative estimate of drug-likeness (QED) is 0.527. The molecule has 10 nitrogen and oxygen atoms in total. The van der Waals surface area contributed by atoms with E-state index in [2.05, 4.69) is 25.6 Å². The van der Waals surface area contributed by atoms with Crippen LogP contribution in [0.15, 0.2) is 48.8 Å². The summed E-state index contributed by atoms with van der Waals surface area (Å²) in [5.41, 5.74) is 1.92. The van der Waals surface area contributed by atoms with Crippen molar-refractivity contribution in [2.24, 2.45) is 0 Å². The molecule has 1 aromatic heterocycles. The molecule has 0 aliphatic carbocycles. The molecule has 0 bridgehead atoms. The molecule has 1 aromatic carbocycles. The minimum Gasteiger partial charge on any atom is -0.330 e. The van der Waals surface area contributed by atoms with Gasteiger partial charge in [0.1, 0.15) is 5.54 Å². The van der Waals surface area contributed by atoms with Gasteiger partial charge in [0.2, 0.25) is 5.95 Å². The molecule has 0 spiro atoms. The van der Waals surface area contributed by atoms with E-state index in [0.29, 0.717) is 11.5 Å². The first kappa shape index (κ1) is 19.8. The predicted molar refractivity (Wildman–Crippen MR) is 107 cm³/mol. The van der Waals surface area contributed by atoms with Gasteiger partial charge in [-0.25, -0.2) is 14.8 Å². The third-order valence-electron chi connectivity index (χ3n) is 5.49. The third kappa shape index (κ3) is 3.81. The smallest absolute Gasteiger partial charge is 0.330 e. The maximum atomic E-state index is 12.9. The third-order valence-corrected chi connectivity index (χ3v) is 5.49. The summed E-state index contributed by atoms with van der Waals surface area (Å²) in [7, 11) is 0. The predicted octanol–water partition coefficient (Wildman–Crippen LogP) is -1.32. The molecule has 30 heavy (non-hydrogen) atoms. The Balaban J connectivity index is 1.32. The molecule has 0 saturated carbocycles. The highest BCUT2D eigenvalue weighted by Gasteiger charge is 2.50. The Bertz CT molecular complexity index is 932. The van der Waals surface area contributed by atoms with Gasteiger partial charge in [0, 0.05) is 12.4 Å². The van der Waals surface area contributed by atoms with Crippen molar-refractivity contribution >= 4 is 23.8 Å². The Morgan fingerprint density at radius 2 is 1.80 bits per heavy atom. The highest BCUT2D eigenvalue weighted by molar-refractivity contribution is 6.08. The van der Waals surface area contributed by atoms with E-state index in [4.69, 9.17) is 0 Å². The number of nitrogens with zero attached hydrogens (tertiary/aromatic N) is 4. The van der Waals surface area contributed by atoms with Crippen molar-refractivity contribution in [3.8, 4) is 0 Å². The average Bonchev–Trinajstić information content (AvgIpc) is 2.99. The molecule has 2 aromatic rings. The van der Waals surface area contributed by atoms with Crippen LogP contribution >= 0.6 is 0 Å². The molecule has 3 N–H and O–H groups in total. The molecular weight excluding hydrogens is 386 g/mol. The fourth-order valence-electron chi connectivity index (χ4n) is 3.75. The zero-order valence-electron chi connectivity index (χ0n) is 16.7. The average molecular weight is 410 g/mol. The number of imide groups is 1. The molecule has 1 atom stereocenters. The zero-order valence-corrected chi connectivity index (χ0v) is 16.7. The summed E-state index contributed by atoms with van der Waals surface area (Å²) in [6.45, 7) is 4.71. The van der Waals surface area contributed by atoms with E-state index >= 15 is 0 Å². The van der Waals surface area contributed by atoms with Gasteiger partial charge in [-0.15, -0.1) is 0 Å². The number of carbonyl (C=O) groups is 3. The molecule has 4 amide bonds. The summed E-state index contributed by atoms with van der Waals surface area (Å²) < 4.78 is 0. The molecule has 2 aliphatic rings. The lowest BCUT2D eigenvalue weighted by atomic mass is 9.92. The summed E-state index contributed by atoms with van der Waals surface area (Å²) >= 11 is 0. The number of nitrogens with one attached hydrogen (secondary N) is 3. The van der Waals surface area contributed by atoms with Gasteiger partial charge in [-0.05, 0) is 18.6 Å².